The van der Waals surface area contributed by atoms with Crippen LogP contribution in [0.2, 0.25) is 0 Å². The highest BCUT2D eigenvalue weighted by atomic mass is 16.4. The van der Waals surface area contributed by atoms with E-state index in [0.29, 0.717) is 5.56 Å². The highest BCUT2D eigenvalue weighted by Crippen LogP contribution is 2.12. The molecule has 11 heteroatoms. The molecule has 178 valence electrons. The molecule has 0 bridgehead atoms. The van der Waals surface area contributed by atoms with Crippen LogP contribution in [-0.4, -0.2) is 69.8 Å². The number of rotatable bonds is 12. The number of phenols is 1. The number of nitrogens with one attached hydrogen (secondary N) is 3. The number of aliphatic hydroxyl groups is 1. The number of nitrogens with two attached hydrogens (primary N) is 1. The third-order valence-corrected chi connectivity index (χ3v) is 4.61. The Kier molecular flexibility index (Phi) is 10.6. The monoisotopic (exact) mass is 452 g/mol. The highest BCUT2D eigenvalue weighted by Gasteiger charge is 2.30. The van der Waals surface area contributed by atoms with Gasteiger partial charge in [-0.25, -0.2) is 0 Å². The molecule has 0 radical (unpaired) electrons. The van der Waals surface area contributed by atoms with Gasteiger partial charge in [-0.1, -0.05) is 26.0 Å². The second-order valence-electron chi connectivity index (χ2n) is 7.98. The molecule has 32 heavy (non-hydrogen) atoms. The molecule has 4 atom stereocenters. The summed E-state index contributed by atoms with van der Waals surface area (Å²) in [7, 11) is 0. The quantitative estimate of drug-likeness (QED) is 0.207. The molecule has 0 saturated heterocycles. The first-order chi connectivity index (χ1) is 14.9. The predicted molar refractivity (Wildman–Crippen MR) is 115 cm³/mol. The second kappa shape index (κ2) is 12.6. The van der Waals surface area contributed by atoms with E-state index in [2.05, 4.69) is 16.0 Å². The molecule has 0 aromatic heterocycles. The number of carboxylic acid groups (broad SMARTS) is 1. The molecule has 8 N–H and O–H groups in total. The third-order valence-electron chi connectivity index (χ3n) is 4.61. The second-order valence-corrected chi connectivity index (χ2v) is 7.98. The van der Waals surface area contributed by atoms with Gasteiger partial charge in [0.25, 0.3) is 0 Å². The molecule has 1 rings (SSSR count). The molecular weight excluding hydrogens is 420 g/mol. The number of carbonyl (C=O) groups excluding carboxylic acids is 3. The Morgan fingerprint density at radius 2 is 1.44 bits per heavy atom. The van der Waals surface area contributed by atoms with Gasteiger partial charge in [-0.05, 0) is 37.0 Å². The number of carbonyl (C=O) groups is 4. The molecule has 0 aliphatic rings. The molecule has 11 nitrogen and oxygen atoms in total. The number of amides is 3. The van der Waals surface area contributed by atoms with Crippen molar-refractivity contribution in [3.05, 3.63) is 29.8 Å². The normalized spacial score (nSPS) is 14.7. The van der Waals surface area contributed by atoms with Crippen molar-refractivity contribution < 1.29 is 34.5 Å². The Labute approximate surface area is 186 Å². The minimum Gasteiger partial charge on any atom is -0.508 e. The first-order valence-corrected chi connectivity index (χ1v) is 10.2. The number of aliphatic carboxylic acids is 1. The molecule has 0 saturated carbocycles. The molecule has 1 aromatic carbocycles. The lowest BCUT2D eigenvalue weighted by atomic mass is 10.0. The van der Waals surface area contributed by atoms with Crippen LogP contribution in [0.3, 0.4) is 0 Å². The van der Waals surface area contributed by atoms with E-state index in [9.17, 15) is 24.3 Å². The lowest BCUT2D eigenvalue weighted by Gasteiger charge is -2.25. The fourth-order valence-electron chi connectivity index (χ4n) is 2.79. The van der Waals surface area contributed by atoms with E-state index < -0.39 is 54.5 Å². The Bertz CT molecular complexity index is 798. The molecule has 4 unspecified atom stereocenters. The predicted octanol–water partition coefficient (Wildman–Crippen LogP) is -1.14. The zero-order valence-electron chi connectivity index (χ0n) is 18.4. The van der Waals surface area contributed by atoms with Crippen LogP contribution in [0.25, 0.3) is 0 Å². The van der Waals surface area contributed by atoms with Crippen LogP contribution in [0, 0.1) is 5.92 Å². The van der Waals surface area contributed by atoms with Crippen LogP contribution in [-0.2, 0) is 25.6 Å². The summed E-state index contributed by atoms with van der Waals surface area (Å²) in [4.78, 5) is 48.8. The third kappa shape index (κ3) is 8.90. The minimum absolute atomic E-state index is 0.000801. The topological polar surface area (TPSA) is 191 Å². The van der Waals surface area contributed by atoms with Crippen molar-refractivity contribution in [1.82, 2.24) is 16.0 Å². The smallest absolute Gasteiger partial charge is 0.325 e. The maximum absolute atomic E-state index is 13.0. The summed E-state index contributed by atoms with van der Waals surface area (Å²) in [6, 6.07) is 1.43. The maximum Gasteiger partial charge on any atom is 0.325 e. The van der Waals surface area contributed by atoms with Crippen LogP contribution >= 0.6 is 0 Å². The van der Waals surface area contributed by atoms with E-state index >= 15 is 0 Å². The van der Waals surface area contributed by atoms with Crippen LogP contribution in [0.5, 0.6) is 5.75 Å². The zero-order chi connectivity index (χ0) is 24.4. The summed E-state index contributed by atoms with van der Waals surface area (Å²) in [6.07, 6.45) is 0.261. The fraction of sp³-hybridized carbons (Fsp3) is 0.524. The van der Waals surface area contributed by atoms with Crippen molar-refractivity contribution >= 4 is 23.7 Å². The largest absolute Gasteiger partial charge is 0.508 e. The number of hydrogen-bond acceptors (Lipinski definition) is 7. The molecule has 1 aromatic rings. The van der Waals surface area contributed by atoms with Crippen molar-refractivity contribution in [2.45, 2.75) is 57.8 Å². The highest BCUT2D eigenvalue weighted by molar-refractivity contribution is 5.94. The minimum atomic E-state index is -1.24. The molecule has 3 amide bonds. The van der Waals surface area contributed by atoms with E-state index in [0.717, 1.165) is 0 Å². The molecule has 0 aliphatic heterocycles. The van der Waals surface area contributed by atoms with Crippen molar-refractivity contribution in [2.75, 3.05) is 6.61 Å². The maximum atomic E-state index is 13.0. The first-order valence-electron chi connectivity index (χ1n) is 10.2. The van der Waals surface area contributed by atoms with Gasteiger partial charge in [-0.2, -0.15) is 0 Å². The number of hydrogen-bond donors (Lipinski definition) is 7. The first kappa shape index (κ1) is 26.9. The van der Waals surface area contributed by atoms with Gasteiger partial charge in [-0.15, -0.1) is 0 Å². The standard InChI is InChI=1S/C21H32N4O7/c1-11(2)8-16(19(29)23-12(3)21(31)32)25-20(30)17(24-18(28)15(22)10-26)9-13-4-6-14(27)7-5-13/h4-7,11-12,15-17,26-27H,8-10,22H2,1-3H3,(H,23,29)(H,24,28)(H,25,30)(H,31,32). The SMILES string of the molecule is CC(C)CC(NC(=O)C(Cc1ccc(O)cc1)NC(=O)C(N)CO)C(=O)NC(C)C(=O)O. The molecule has 0 aliphatic carbocycles. The molecular formula is C21H32N4O7. The number of benzene rings is 1. The zero-order valence-corrected chi connectivity index (χ0v) is 18.4. The van der Waals surface area contributed by atoms with Crippen molar-refractivity contribution in [1.29, 1.82) is 0 Å². The summed E-state index contributed by atoms with van der Waals surface area (Å²) in [5.74, 6) is -3.29. The van der Waals surface area contributed by atoms with Gasteiger partial charge < -0.3 is 37.0 Å². The van der Waals surface area contributed by atoms with Crippen molar-refractivity contribution in [3.8, 4) is 5.75 Å². The van der Waals surface area contributed by atoms with Crippen LogP contribution in [0.1, 0.15) is 32.8 Å². The fourth-order valence-corrected chi connectivity index (χ4v) is 2.79. The summed E-state index contributed by atoms with van der Waals surface area (Å²) >= 11 is 0. The van der Waals surface area contributed by atoms with Gasteiger partial charge in [0.2, 0.25) is 17.7 Å². The van der Waals surface area contributed by atoms with E-state index in [1.807, 2.05) is 13.8 Å². The summed E-state index contributed by atoms with van der Waals surface area (Å²) in [6.45, 7) is 4.36. The van der Waals surface area contributed by atoms with Gasteiger partial charge in [0.1, 0.15) is 29.9 Å². The molecule has 0 spiro atoms. The Hall–Kier alpha value is -3.18. The van der Waals surface area contributed by atoms with Crippen LogP contribution < -0.4 is 21.7 Å². The van der Waals surface area contributed by atoms with E-state index in [-0.39, 0.29) is 24.5 Å². The lowest BCUT2D eigenvalue weighted by molar-refractivity contribution is -0.142. The van der Waals surface area contributed by atoms with Gasteiger partial charge in [-0.3, -0.25) is 19.2 Å². The Balaban J connectivity index is 3.06. The number of aromatic hydroxyl groups is 1. The average molecular weight is 453 g/mol. The van der Waals surface area contributed by atoms with Gasteiger partial charge in [0, 0.05) is 6.42 Å². The van der Waals surface area contributed by atoms with Crippen molar-refractivity contribution in [3.63, 3.8) is 0 Å². The summed E-state index contributed by atoms with van der Waals surface area (Å²) < 4.78 is 0. The number of carboxylic acids is 1. The van der Waals surface area contributed by atoms with Gasteiger partial charge in [0.05, 0.1) is 6.61 Å². The number of aliphatic hydroxyl groups excluding tert-OH is 1. The van der Waals surface area contributed by atoms with Crippen LogP contribution in [0.15, 0.2) is 24.3 Å². The van der Waals surface area contributed by atoms with Gasteiger partial charge in [0.15, 0.2) is 0 Å². The Morgan fingerprint density at radius 1 is 0.906 bits per heavy atom. The molecule has 0 fully saturated rings. The lowest BCUT2D eigenvalue weighted by Crippen LogP contribution is -2.58. The van der Waals surface area contributed by atoms with Crippen LogP contribution in [0.4, 0.5) is 0 Å². The van der Waals surface area contributed by atoms with E-state index in [4.69, 9.17) is 15.9 Å². The van der Waals surface area contributed by atoms with Gasteiger partial charge >= 0.3 is 5.97 Å². The summed E-state index contributed by atoms with van der Waals surface area (Å²) in [5.41, 5.74) is 6.15. The van der Waals surface area contributed by atoms with E-state index in [1.165, 1.54) is 19.1 Å². The summed E-state index contributed by atoms with van der Waals surface area (Å²) in [5, 5.41) is 34.9. The Morgan fingerprint density at radius 3 is 1.94 bits per heavy atom. The van der Waals surface area contributed by atoms with E-state index in [1.54, 1.807) is 12.1 Å². The number of phenolic OH excluding ortho intramolecular Hbond substituents is 1. The average Bonchev–Trinajstić information content (AvgIpc) is 2.72. The molecule has 0 heterocycles. The van der Waals surface area contributed by atoms with Crippen molar-refractivity contribution in [2.24, 2.45) is 11.7 Å².